The third-order valence-corrected chi connectivity index (χ3v) is 8.95. The first-order valence-electron chi connectivity index (χ1n) is 17.9. The average Bonchev–Trinajstić information content (AvgIpc) is 2.92. The Balaban J connectivity index is 4.45. The second-order valence-electron chi connectivity index (χ2n) is 12.7. The number of carboxylic acid groups (broad SMARTS) is 2. The fraction of sp³-hybridized carbons (Fsp3) is 0.944. The molecule has 0 heterocycles. The van der Waals surface area contributed by atoms with Crippen molar-refractivity contribution in [3.63, 3.8) is 0 Å². The van der Waals surface area contributed by atoms with E-state index in [1.807, 2.05) is 0 Å². The molecule has 0 rings (SSSR count). The number of carbonyl (C=O) groups is 2. The van der Waals surface area contributed by atoms with Crippen LogP contribution >= 0.6 is 0 Å². The Kier molecular flexibility index (Phi) is 30.1. The summed E-state index contributed by atoms with van der Waals surface area (Å²) in [5.74, 6) is 0.525. The van der Waals surface area contributed by atoms with Crippen molar-refractivity contribution in [2.24, 2.45) is 11.8 Å². The molecule has 0 aliphatic carbocycles. The molecular weight excluding hydrogens is 496 g/mol. The number of carboxylic acids is 2. The highest BCUT2D eigenvalue weighted by Crippen LogP contribution is 2.33. The van der Waals surface area contributed by atoms with Crippen LogP contribution in [0.3, 0.4) is 0 Å². The summed E-state index contributed by atoms with van der Waals surface area (Å²) in [7, 11) is 0. The molecule has 0 aromatic rings. The summed E-state index contributed by atoms with van der Waals surface area (Å²) in [6, 6.07) is 0. The molecule has 0 saturated heterocycles. The maximum Gasteiger partial charge on any atom is 0.303 e. The molecule has 0 bridgehead atoms. The molecule has 2 N–H and O–H groups in total. The van der Waals surface area contributed by atoms with E-state index in [9.17, 15) is 9.59 Å². The first-order valence-corrected chi connectivity index (χ1v) is 17.9. The minimum absolute atomic E-state index is 0.329. The van der Waals surface area contributed by atoms with Gasteiger partial charge in [-0.25, -0.2) is 0 Å². The third-order valence-electron chi connectivity index (χ3n) is 8.95. The van der Waals surface area contributed by atoms with E-state index in [-0.39, 0.29) is 0 Å². The first kappa shape index (κ1) is 38.9. The van der Waals surface area contributed by atoms with Crippen molar-refractivity contribution >= 4 is 11.9 Å². The molecule has 4 nitrogen and oxygen atoms in total. The van der Waals surface area contributed by atoms with Crippen molar-refractivity contribution in [3.8, 4) is 0 Å². The Bertz CT molecular complexity index is 499. The molecule has 4 heteroatoms. The molecule has 2 unspecified atom stereocenters. The van der Waals surface area contributed by atoms with Gasteiger partial charge in [0.2, 0.25) is 0 Å². The highest BCUT2D eigenvalue weighted by atomic mass is 16.4. The monoisotopic (exact) mass is 567 g/mol. The van der Waals surface area contributed by atoms with E-state index >= 15 is 0 Å². The van der Waals surface area contributed by atoms with E-state index in [0.717, 1.165) is 37.5 Å². The molecule has 0 fully saturated rings. The Hall–Kier alpha value is -1.06. The SMILES string of the molecule is CCCCCCC(CCCCCCCCCCC(=O)O)C(CCCCCC)CCCCCCCCCCC(=O)O. The van der Waals surface area contributed by atoms with Crippen molar-refractivity contribution in [2.45, 2.75) is 206 Å². The molecule has 0 saturated carbocycles. The molecular formula is C36H70O4. The molecule has 0 aliphatic heterocycles. The minimum atomic E-state index is -0.658. The summed E-state index contributed by atoms with van der Waals surface area (Å²) in [6.07, 6.45) is 37.0. The van der Waals surface area contributed by atoms with Gasteiger partial charge in [-0.05, 0) is 24.7 Å². The summed E-state index contributed by atoms with van der Waals surface area (Å²) in [5, 5.41) is 17.5. The van der Waals surface area contributed by atoms with E-state index in [4.69, 9.17) is 10.2 Å². The molecule has 0 amide bonds. The van der Waals surface area contributed by atoms with Gasteiger partial charge in [-0.15, -0.1) is 0 Å². The van der Waals surface area contributed by atoms with Crippen LogP contribution in [0.1, 0.15) is 206 Å². The number of hydrogen-bond donors (Lipinski definition) is 2. The van der Waals surface area contributed by atoms with Crippen LogP contribution in [0.15, 0.2) is 0 Å². The lowest BCUT2D eigenvalue weighted by molar-refractivity contribution is -0.138. The molecule has 2 atom stereocenters. The predicted octanol–water partition coefficient (Wildman–Crippen LogP) is 12.1. The van der Waals surface area contributed by atoms with Crippen molar-refractivity contribution < 1.29 is 19.8 Å². The molecule has 0 spiro atoms. The maximum atomic E-state index is 10.6. The standard InChI is InChI=1S/C36H70O4/c1-3-5-7-21-27-33(29-23-17-13-9-11-15-19-25-31-35(37)38)34(28-22-8-6-4-2)30-24-18-14-10-12-16-20-26-32-36(39)40/h33-34H,3-32H2,1-2H3,(H,37,38)(H,39,40). The Morgan fingerprint density at radius 3 is 0.850 bits per heavy atom. The van der Waals surface area contributed by atoms with Crippen molar-refractivity contribution in [1.29, 1.82) is 0 Å². The van der Waals surface area contributed by atoms with Gasteiger partial charge in [0.05, 0.1) is 0 Å². The second-order valence-corrected chi connectivity index (χ2v) is 12.7. The maximum absolute atomic E-state index is 10.6. The molecule has 0 aliphatic rings. The van der Waals surface area contributed by atoms with Gasteiger partial charge in [0.25, 0.3) is 0 Å². The number of rotatable bonds is 33. The van der Waals surface area contributed by atoms with Gasteiger partial charge in [0.1, 0.15) is 0 Å². The topological polar surface area (TPSA) is 74.6 Å². The average molecular weight is 567 g/mol. The summed E-state index contributed by atoms with van der Waals surface area (Å²) in [6.45, 7) is 4.63. The van der Waals surface area contributed by atoms with Crippen LogP contribution in [0.25, 0.3) is 0 Å². The summed E-state index contributed by atoms with van der Waals surface area (Å²) in [4.78, 5) is 21.3. The fourth-order valence-corrected chi connectivity index (χ4v) is 6.38. The smallest absolute Gasteiger partial charge is 0.303 e. The summed E-state index contributed by atoms with van der Waals surface area (Å²) in [5.41, 5.74) is 0. The zero-order valence-corrected chi connectivity index (χ0v) is 27.1. The van der Waals surface area contributed by atoms with Gasteiger partial charge < -0.3 is 10.2 Å². The van der Waals surface area contributed by atoms with E-state index in [1.165, 1.54) is 154 Å². The van der Waals surface area contributed by atoms with Gasteiger partial charge >= 0.3 is 11.9 Å². The van der Waals surface area contributed by atoms with E-state index < -0.39 is 11.9 Å². The Morgan fingerprint density at radius 2 is 0.600 bits per heavy atom. The largest absolute Gasteiger partial charge is 0.481 e. The molecule has 238 valence electrons. The van der Waals surface area contributed by atoms with Crippen LogP contribution < -0.4 is 0 Å². The van der Waals surface area contributed by atoms with Crippen LogP contribution in [-0.4, -0.2) is 22.2 Å². The highest BCUT2D eigenvalue weighted by Gasteiger charge is 2.20. The summed E-state index contributed by atoms with van der Waals surface area (Å²) >= 11 is 0. The van der Waals surface area contributed by atoms with Crippen LogP contribution in [0.4, 0.5) is 0 Å². The zero-order chi connectivity index (χ0) is 29.5. The Labute approximate surface area is 249 Å². The van der Waals surface area contributed by atoms with E-state index in [1.54, 1.807) is 0 Å². The van der Waals surface area contributed by atoms with Crippen LogP contribution in [0, 0.1) is 11.8 Å². The molecule has 0 aromatic heterocycles. The van der Waals surface area contributed by atoms with E-state index in [0.29, 0.717) is 12.8 Å². The van der Waals surface area contributed by atoms with Gasteiger partial charge in [-0.1, -0.05) is 181 Å². The van der Waals surface area contributed by atoms with Crippen LogP contribution in [0.2, 0.25) is 0 Å². The normalized spacial score (nSPS) is 12.9. The van der Waals surface area contributed by atoms with Crippen molar-refractivity contribution in [1.82, 2.24) is 0 Å². The second kappa shape index (κ2) is 30.9. The number of unbranched alkanes of at least 4 members (excludes halogenated alkanes) is 20. The summed E-state index contributed by atoms with van der Waals surface area (Å²) < 4.78 is 0. The van der Waals surface area contributed by atoms with Gasteiger partial charge in [-0.2, -0.15) is 0 Å². The lowest BCUT2D eigenvalue weighted by atomic mass is 9.78. The van der Waals surface area contributed by atoms with Crippen LogP contribution in [0.5, 0.6) is 0 Å². The highest BCUT2D eigenvalue weighted by molar-refractivity contribution is 5.66. The Morgan fingerprint density at radius 1 is 0.375 bits per heavy atom. The third kappa shape index (κ3) is 28.5. The molecule has 0 radical (unpaired) electrons. The van der Waals surface area contributed by atoms with Crippen LogP contribution in [-0.2, 0) is 9.59 Å². The number of aliphatic carboxylic acids is 2. The minimum Gasteiger partial charge on any atom is -0.481 e. The lowest BCUT2D eigenvalue weighted by Gasteiger charge is -2.28. The zero-order valence-electron chi connectivity index (χ0n) is 27.1. The molecule has 40 heavy (non-hydrogen) atoms. The first-order chi connectivity index (χ1) is 19.5. The number of hydrogen-bond acceptors (Lipinski definition) is 2. The van der Waals surface area contributed by atoms with Crippen molar-refractivity contribution in [2.75, 3.05) is 0 Å². The van der Waals surface area contributed by atoms with Gasteiger partial charge in [0, 0.05) is 12.8 Å². The predicted molar refractivity (Wildman–Crippen MR) is 172 cm³/mol. The van der Waals surface area contributed by atoms with Crippen molar-refractivity contribution in [3.05, 3.63) is 0 Å². The lowest BCUT2D eigenvalue weighted by Crippen LogP contribution is -2.16. The van der Waals surface area contributed by atoms with Gasteiger partial charge in [0.15, 0.2) is 0 Å². The quantitative estimate of drug-likeness (QED) is 0.0775. The van der Waals surface area contributed by atoms with E-state index in [2.05, 4.69) is 13.8 Å². The van der Waals surface area contributed by atoms with Gasteiger partial charge in [-0.3, -0.25) is 9.59 Å². The fourth-order valence-electron chi connectivity index (χ4n) is 6.38. The molecule has 0 aromatic carbocycles.